The van der Waals surface area contributed by atoms with E-state index in [0.717, 1.165) is 60.2 Å². The highest BCUT2D eigenvalue weighted by molar-refractivity contribution is 5.70. The van der Waals surface area contributed by atoms with Gasteiger partial charge in [-0.05, 0) is 46.0 Å². The van der Waals surface area contributed by atoms with Crippen molar-refractivity contribution in [3.8, 4) is 22.5 Å². The highest BCUT2D eigenvalue weighted by atomic mass is 16.2. The summed E-state index contributed by atoms with van der Waals surface area (Å²) >= 11 is 0. The van der Waals surface area contributed by atoms with Crippen LogP contribution in [0.1, 0.15) is 70.2 Å². The van der Waals surface area contributed by atoms with E-state index in [9.17, 15) is 4.79 Å². The van der Waals surface area contributed by atoms with Crippen LogP contribution < -0.4 is 5.69 Å². The van der Waals surface area contributed by atoms with Gasteiger partial charge in [0.25, 0.3) is 0 Å². The summed E-state index contributed by atoms with van der Waals surface area (Å²) in [6, 6.07) is 16.5. The SMILES string of the molecule is CCCCCCCn1nc(CCCC)n(Cc2ccc(-c3cccc(-c4nnn[nH]4)c3)cc2)c1=O. The van der Waals surface area contributed by atoms with Gasteiger partial charge >= 0.3 is 5.69 Å². The molecule has 2 heterocycles. The monoisotopic (exact) mass is 473 g/mol. The van der Waals surface area contributed by atoms with Crippen LogP contribution in [-0.4, -0.2) is 35.0 Å². The number of rotatable bonds is 13. The predicted molar refractivity (Wildman–Crippen MR) is 138 cm³/mol. The van der Waals surface area contributed by atoms with E-state index in [-0.39, 0.29) is 5.69 Å². The molecule has 0 saturated heterocycles. The molecule has 4 aromatic rings. The molecule has 0 radical (unpaired) electrons. The number of aryl methyl sites for hydroxylation is 2. The van der Waals surface area contributed by atoms with E-state index >= 15 is 0 Å². The molecule has 0 bridgehead atoms. The van der Waals surface area contributed by atoms with E-state index < -0.39 is 0 Å². The molecule has 2 aromatic heterocycles. The van der Waals surface area contributed by atoms with E-state index in [2.05, 4.69) is 70.9 Å². The van der Waals surface area contributed by atoms with E-state index in [0.29, 0.717) is 18.9 Å². The highest BCUT2D eigenvalue weighted by Gasteiger charge is 2.14. The second-order valence-corrected chi connectivity index (χ2v) is 9.05. The third kappa shape index (κ3) is 6.32. The van der Waals surface area contributed by atoms with Crippen LogP contribution in [0.3, 0.4) is 0 Å². The van der Waals surface area contributed by atoms with Gasteiger partial charge in [0.05, 0.1) is 6.54 Å². The van der Waals surface area contributed by atoms with Gasteiger partial charge in [-0.15, -0.1) is 5.10 Å². The number of aromatic nitrogens is 7. The molecule has 0 spiro atoms. The molecule has 4 rings (SSSR count). The van der Waals surface area contributed by atoms with Gasteiger partial charge in [-0.2, -0.15) is 5.10 Å². The third-order valence-electron chi connectivity index (χ3n) is 6.34. The zero-order chi connectivity index (χ0) is 24.5. The lowest BCUT2D eigenvalue weighted by molar-refractivity contribution is 0.514. The maximum atomic E-state index is 13.2. The molecule has 2 aromatic carbocycles. The van der Waals surface area contributed by atoms with Crippen LogP contribution in [0.2, 0.25) is 0 Å². The van der Waals surface area contributed by atoms with Crippen molar-refractivity contribution in [1.29, 1.82) is 0 Å². The van der Waals surface area contributed by atoms with Crippen LogP contribution in [0.25, 0.3) is 22.5 Å². The van der Waals surface area contributed by atoms with Crippen molar-refractivity contribution in [2.24, 2.45) is 0 Å². The normalized spacial score (nSPS) is 11.3. The second kappa shape index (κ2) is 12.2. The lowest BCUT2D eigenvalue weighted by Crippen LogP contribution is -2.26. The van der Waals surface area contributed by atoms with E-state index in [1.54, 1.807) is 4.68 Å². The number of unbranched alkanes of at least 4 members (excludes halogenated alkanes) is 5. The largest absolute Gasteiger partial charge is 0.346 e. The van der Waals surface area contributed by atoms with Crippen molar-refractivity contribution in [3.05, 3.63) is 70.4 Å². The molecular weight excluding hydrogens is 438 g/mol. The van der Waals surface area contributed by atoms with Crippen molar-refractivity contribution in [2.75, 3.05) is 0 Å². The summed E-state index contributed by atoms with van der Waals surface area (Å²) in [6.07, 6.45) is 8.78. The molecule has 8 heteroatoms. The van der Waals surface area contributed by atoms with Gasteiger partial charge in [0.1, 0.15) is 5.82 Å². The first kappa shape index (κ1) is 24.6. The zero-order valence-corrected chi connectivity index (χ0v) is 20.8. The third-order valence-corrected chi connectivity index (χ3v) is 6.34. The molecule has 0 atom stereocenters. The number of nitrogens with zero attached hydrogens (tertiary/aromatic N) is 6. The first-order valence-electron chi connectivity index (χ1n) is 12.8. The predicted octanol–water partition coefficient (Wildman–Crippen LogP) is 5.25. The number of tetrazole rings is 1. The summed E-state index contributed by atoms with van der Waals surface area (Å²) in [7, 11) is 0. The fourth-order valence-electron chi connectivity index (χ4n) is 4.29. The molecule has 0 aliphatic carbocycles. The minimum absolute atomic E-state index is 0.00374. The molecule has 35 heavy (non-hydrogen) atoms. The van der Waals surface area contributed by atoms with Crippen molar-refractivity contribution in [1.82, 2.24) is 35.0 Å². The highest BCUT2D eigenvalue weighted by Crippen LogP contribution is 2.24. The van der Waals surface area contributed by atoms with Crippen LogP contribution in [-0.2, 0) is 19.5 Å². The number of hydrogen-bond donors (Lipinski definition) is 1. The Morgan fingerprint density at radius 2 is 1.63 bits per heavy atom. The average molecular weight is 474 g/mol. The summed E-state index contributed by atoms with van der Waals surface area (Å²) < 4.78 is 3.53. The summed E-state index contributed by atoms with van der Waals surface area (Å²) in [5, 5.41) is 18.8. The smallest absolute Gasteiger partial charge is 0.274 e. The molecule has 0 amide bonds. The fraction of sp³-hybridized carbons (Fsp3) is 0.444. The summed E-state index contributed by atoms with van der Waals surface area (Å²) in [5.41, 5.74) is 4.22. The lowest BCUT2D eigenvalue weighted by Gasteiger charge is -2.08. The van der Waals surface area contributed by atoms with Gasteiger partial charge in [0, 0.05) is 18.5 Å². The summed E-state index contributed by atoms with van der Waals surface area (Å²) in [5.74, 6) is 1.53. The van der Waals surface area contributed by atoms with Gasteiger partial charge in [-0.3, -0.25) is 4.57 Å². The van der Waals surface area contributed by atoms with Gasteiger partial charge in [0.15, 0.2) is 5.82 Å². The molecule has 184 valence electrons. The Hall–Kier alpha value is -3.55. The maximum absolute atomic E-state index is 13.2. The van der Waals surface area contributed by atoms with Crippen LogP contribution in [0.4, 0.5) is 0 Å². The Labute approximate surface area is 206 Å². The minimum atomic E-state index is 0.00374. The van der Waals surface area contributed by atoms with Gasteiger partial charge in [0.2, 0.25) is 0 Å². The van der Waals surface area contributed by atoms with Crippen LogP contribution in [0, 0.1) is 0 Å². The Morgan fingerprint density at radius 1 is 0.857 bits per heavy atom. The van der Waals surface area contributed by atoms with Crippen molar-refractivity contribution < 1.29 is 0 Å². The quantitative estimate of drug-likeness (QED) is 0.268. The molecule has 0 unspecified atom stereocenters. The molecule has 0 saturated carbocycles. The average Bonchev–Trinajstić information content (AvgIpc) is 3.53. The van der Waals surface area contributed by atoms with Crippen molar-refractivity contribution >= 4 is 0 Å². The Morgan fingerprint density at radius 3 is 2.37 bits per heavy atom. The van der Waals surface area contributed by atoms with E-state index in [1.807, 2.05) is 16.7 Å². The maximum Gasteiger partial charge on any atom is 0.346 e. The molecular formula is C27H35N7O. The molecule has 0 aliphatic rings. The summed E-state index contributed by atoms with van der Waals surface area (Å²) in [4.78, 5) is 13.2. The second-order valence-electron chi connectivity index (χ2n) is 9.05. The van der Waals surface area contributed by atoms with Gasteiger partial charge in [-0.1, -0.05) is 88.4 Å². The van der Waals surface area contributed by atoms with Crippen molar-refractivity contribution in [3.63, 3.8) is 0 Å². The number of aromatic amines is 1. The molecule has 0 fully saturated rings. The Balaban J connectivity index is 1.49. The van der Waals surface area contributed by atoms with E-state index in [4.69, 9.17) is 5.10 Å². The van der Waals surface area contributed by atoms with E-state index in [1.165, 1.54) is 19.3 Å². The summed E-state index contributed by atoms with van der Waals surface area (Å²) in [6.45, 7) is 5.62. The number of nitrogens with one attached hydrogen (secondary N) is 1. The van der Waals surface area contributed by atoms with Crippen molar-refractivity contribution in [2.45, 2.75) is 78.3 Å². The molecule has 1 N–H and O–H groups in total. The number of hydrogen-bond acceptors (Lipinski definition) is 5. The van der Waals surface area contributed by atoms with Crippen LogP contribution in [0.5, 0.6) is 0 Å². The number of benzene rings is 2. The standard InChI is InChI=1S/C27H35N7O/c1-3-5-7-8-9-18-34-27(35)33(25(30-34)13-6-4-2)20-21-14-16-22(17-15-21)23-11-10-12-24(19-23)26-28-31-32-29-26/h10-12,14-17,19H,3-9,13,18,20H2,1-2H3,(H,28,29,31,32). The Kier molecular flexibility index (Phi) is 8.59. The minimum Gasteiger partial charge on any atom is -0.274 e. The number of H-pyrrole nitrogens is 1. The fourth-order valence-corrected chi connectivity index (χ4v) is 4.29. The Bertz CT molecular complexity index is 1240. The lowest BCUT2D eigenvalue weighted by atomic mass is 10.0. The van der Waals surface area contributed by atoms with Crippen LogP contribution >= 0.6 is 0 Å². The van der Waals surface area contributed by atoms with Gasteiger partial charge < -0.3 is 0 Å². The van der Waals surface area contributed by atoms with Gasteiger partial charge in [-0.25, -0.2) is 14.6 Å². The van der Waals surface area contributed by atoms with Crippen LogP contribution in [0.15, 0.2) is 53.3 Å². The zero-order valence-electron chi connectivity index (χ0n) is 20.8. The topological polar surface area (TPSA) is 94.3 Å². The molecule has 0 aliphatic heterocycles. The first-order valence-corrected chi connectivity index (χ1v) is 12.8. The molecule has 8 nitrogen and oxygen atoms in total. The first-order chi connectivity index (χ1) is 17.2.